The van der Waals surface area contributed by atoms with E-state index in [1.54, 1.807) is 6.07 Å². The van der Waals surface area contributed by atoms with E-state index in [0.29, 0.717) is 5.02 Å². The van der Waals surface area contributed by atoms with Crippen molar-refractivity contribution in [2.75, 3.05) is 6.61 Å². The molecule has 5 heteroatoms. The largest absolute Gasteiger partial charge is 0.454 e. The van der Waals surface area contributed by atoms with E-state index in [0.717, 1.165) is 0 Å². The maximum absolute atomic E-state index is 11.4. The third kappa shape index (κ3) is 3.53. The molecule has 0 aliphatic heterocycles. The van der Waals surface area contributed by atoms with E-state index in [2.05, 4.69) is 0 Å². The van der Waals surface area contributed by atoms with Crippen molar-refractivity contribution in [3.8, 4) is 0 Å². The average Bonchev–Trinajstić information content (AvgIpc) is 2.18. The number of hydrogen-bond donors (Lipinski definition) is 0. The average molecular weight is 247 g/mol. The summed E-state index contributed by atoms with van der Waals surface area (Å²) >= 11 is 11.5. The number of carbonyl (C=O) groups excluding carboxylic acids is 2. The van der Waals surface area contributed by atoms with Gasteiger partial charge in [-0.2, -0.15) is 0 Å². The summed E-state index contributed by atoms with van der Waals surface area (Å²) in [5.74, 6) is -0.890. The summed E-state index contributed by atoms with van der Waals surface area (Å²) in [6.07, 6.45) is 0. The lowest BCUT2D eigenvalue weighted by Gasteiger charge is -2.04. The molecule has 0 N–H and O–H groups in total. The quantitative estimate of drug-likeness (QED) is 0.771. The Morgan fingerprint density at radius 3 is 2.60 bits per heavy atom. The minimum Gasteiger partial charge on any atom is -0.454 e. The highest BCUT2D eigenvalue weighted by atomic mass is 35.5. The standard InChI is InChI=1S/C10H8Cl2O3/c1-6(13)5-15-10(14)8-4-7(11)2-3-9(8)12/h2-4H,5H2,1H3. The molecule has 1 aromatic rings. The van der Waals surface area contributed by atoms with E-state index >= 15 is 0 Å². The molecular formula is C10H8Cl2O3. The lowest BCUT2D eigenvalue weighted by atomic mass is 10.2. The van der Waals surface area contributed by atoms with Gasteiger partial charge in [-0.1, -0.05) is 23.2 Å². The van der Waals surface area contributed by atoms with Gasteiger partial charge < -0.3 is 4.74 Å². The molecule has 1 aromatic carbocycles. The summed E-state index contributed by atoms with van der Waals surface area (Å²) in [7, 11) is 0. The van der Waals surface area contributed by atoms with Crippen LogP contribution in [0.3, 0.4) is 0 Å². The topological polar surface area (TPSA) is 43.4 Å². The number of esters is 1. The molecule has 0 heterocycles. The number of halogens is 2. The van der Waals surface area contributed by atoms with Crippen LogP contribution in [0.5, 0.6) is 0 Å². The van der Waals surface area contributed by atoms with Gasteiger partial charge in [-0.3, -0.25) is 4.79 Å². The smallest absolute Gasteiger partial charge is 0.340 e. The van der Waals surface area contributed by atoms with Crippen molar-refractivity contribution < 1.29 is 14.3 Å². The number of rotatable bonds is 3. The zero-order chi connectivity index (χ0) is 11.4. The van der Waals surface area contributed by atoms with Gasteiger partial charge in [0, 0.05) is 5.02 Å². The summed E-state index contributed by atoms with van der Waals surface area (Å²) in [5.41, 5.74) is 0.158. The SMILES string of the molecule is CC(=O)COC(=O)c1cc(Cl)ccc1Cl. The second-order valence-electron chi connectivity index (χ2n) is 2.90. The summed E-state index contributed by atoms with van der Waals surface area (Å²) in [4.78, 5) is 22.0. The Bertz CT molecular complexity index is 402. The minimum absolute atomic E-state index is 0.158. The zero-order valence-corrected chi connectivity index (χ0v) is 9.43. The normalized spacial score (nSPS) is 9.80. The van der Waals surface area contributed by atoms with Crippen molar-refractivity contribution in [1.29, 1.82) is 0 Å². The molecule has 15 heavy (non-hydrogen) atoms. The first-order valence-electron chi connectivity index (χ1n) is 4.12. The molecule has 0 radical (unpaired) electrons. The van der Waals surface area contributed by atoms with Crippen molar-refractivity contribution in [2.45, 2.75) is 6.92 Å². The number of benzene rings is 1. The maximum Gasteiger partial charge on any atom is 0.340 e. The summed E-state index contributed by atoms with van der Waals surface area (Å²) in [6.45, 7) is 1.06. The van der Waals surface area contributed by atoms with Crippen LogP contribution in [0.15, 0.2) is 18.2 Å². The predicted molar refractivity (Wildman–Crippen MR) is 57.4 cm³/mol. The lowest BCUT2D eigenvalue weighted by Crippen LogP contribution is -2.11. The number of Topliss-reactive ketones (excluding diaryl/α,β-unsaturated/α-hetero) is 1. The first kappa shape index (κ1) is 12.0. The van der Waals surface area contributed by atoms with Gasteiger partial charge in [0.1, 0.15) is 6.61 Å². The van der Waals surface area contributed by atoms with Gasteiger partial charge in [-0.25, -0.2) is 4.79 Å². The first-order valence-corrected chi connectivity index (χ1v) is 4.88. The Hall–Kier alpha value is -1.06. The van der Waals surface area contributed by atoms with E-state index in [4.69, 9.17) is 27.9 Å². The third-order valence-corrected chi connectivity index (χ3v) is 2.12. The summed E-state index contributed by atoms with van der Waals surface area (Å²) in [5, 5.41) is 0.627. The van der Waals surface area contributed by atoms with Crippen LogP contribution in [-0.2, 0) is 9.53 Å². The van der Waals surface area contributed by atoms with E-state index in [1.807, 2.05) is 0 Å². The van der Waals surface area contributed by atoms with E-state index in [1.165, 1.54) is 19.1 Å². The Labute approximate surface area is 96.9 Å². The molecule has 3 nitrogen and oxygen atoms in total. The minimum atomic E-state index is -0.655. The molecule has 0 unspecified atom stereocenters. The van der Waals surface area contributed by atoms with Crippen LogP contribution < -0.4 is 0 Å². The van der Waals surface area contributed by atoms with Crippen molar-refractivity contribution in [1.82, 2.24) is 0 Å². The highest BCUT2D eigenvalue weighted by Crippen LogP contribution is 2.21. The Kier molecular flexibility index (Phi) is 4.12. The van der Waals surface area contributed by atoms with E-state index < -0.39 is 5.97 Å². The second kappa shape index (κ2) is 5.14. The zero-order valence-electron chi connectivity index (χ0n) is 7.92. The Morgan fingerprint density at radius 1 is 1.33 bits per heavy atom. The van der Waals surface area contributed by atoms with E-state index in [-0.39, 0.29) is 23.0 Å². The fourth-order valence-electron chi connectivity index (χ4n) is 0.899. The fourth-order valence-corrected chi connectivity index (χ4v) is 1.27. The Morgan fingerprint density at radius 2 is 2.00 bits per heavy atom. The van der Waals surface area contributed by atoms with Crippen molar-refractivity contribution >= 4 is 35.0 Å². The van der Waals surface area contributed by atoms with Crippen molar-refractivity contribution in [2.24, 2.45) is 0 Å². The molecule has 0 aliphatic rings. The molecule has 0 spiro atoms. The molecule has 0 atom stereocenters. The van der Waals surface area contributed by atoms with Crippen LogP contribution in [0.1, 0.15) is 17.3 Å². The monoisotopic (exact) mass is 246 g/mol. The predicted octanol–water partition coefficient (Wildman–Crippen LogP) is 2.74. The molecule has 1 rings (SSSR count). The molecule has 0 bridgehead atoms. The number of hydrogen-bond acceptors (Lipinski definition) is 3. The van der Waals surface area contributed by atoms with Gasteiger partial charge in [0.05, 0.1) is 10.6 Å². The van der Waals surface area contributed by atoms with Gasteiger partial charge in [0.15, 0.2) is 5.78 Å². The van der Waals surface area contributed by atoms with Crippen LogP contribution in [0, 0.1) is 0 Å². The highest BCUT2D eigenvalue weighted by Gasteiger charge is 2.12. The number of carbonyl (C=O) groups is 2. The fraction of sp³-hybridized carbons (Fsp3) is 0.200. The van der Waals surface area contributed by atoms with Gasteiger partial charge in [0.2, 0.25) is 0 Å². The van der Waals surface area contributed by atoms with Crippen LogP contribution in [0.25, 0.3) is 0 Å². The highest BCUT2D eigenvalue weighted by molar-refractivity contribution is 6.35. The van der Waals surface area contributed by atoms with Gasteiger partial charge >= 0.3 is 5.97 Å². The lowest BCUT2D eigenvalue weighted by molar-refractivity contribution is -0.120. The van der Waals surface area contributed by atoms with Crippen LogP contribution in [0.4, 0.5) is 0 Å². The van der Waals surface area contributed by atoms with Crippen LogP contribution >= 0.6 is 23.2 Å². The molecule has 0 saturated heterocycles. The first-order chi connectivity index (χ1) is 7.00. The van der Waals surface area contributed by atoms with Crippen molar-refractivity contribution in [3.05, 3.63) is 33.8 Å². The molecule has 0 aromatic heterocycles. The number of ketones is 1. The maximum atomic E-state index is 11.4. The molecule has 0 amide bonds. The Balaban J connectivity index is 2.81. The summed E-state index contributed by atoms with van der Waals surface area (Å²) < 4.78 is 4.69. The van der Waals surface area contributed by atoms with Gasteiger partial charge in [-0.05, 0) is 25.1 Å². The summed E-state index contributed by atoms with van der Waals surface area (Å²) in [6, 6.07) is 4.45. The molecule has 0 fully saturated rings. The number of ether oxygens (including phenoxy) is 1. The van der Waals surface area contributed by atoms with E-state index in [9.17, 15) is 9.59 Å². The van der Waals surface area contributed by atoms with Gasteiger partial charge in [0.25, 0.3) is 0 Å². The van der Waals surface area contributed by atoms with Crippen LogP contribution in [-0.4, -0.2) is 18.4 Å². The second-order valence-corrected chi connectivity index (χ2v) is 3.75. The molecular weight excluding hydrogens is 239 g/mol. The molecule has 80 valence electrons. The molecule has 0 aliphatic carbocycles. The third-order valence-electron chi connectivity index (χ3n) is 1.55. The molecule has 0 saturated carbocycles. The van der Waals surface area contributed by atoms with Crippen molar-refractivity contribution in [3.63, 3.8) is 0 Å². The van der Waals surface area contributed by atoms with Crippen LogP contribution in [0.2, 0.25) is 10.0 Å². The van der Waals surface area contributed by atoms with Gasteiger partial charge in [-0.15, -0.1) is 0 Å².